The summed E-state index contributed by atoms with van der Waals surface area (Å²) in [6.45, 7) is 1.70. The molecular weight excluding hydrogens is 671 g/mol. The minimum atomic E-state index is -4.48. The lowest BCUT2D eigenvalue weighted by Crippen LogP contribution is -2.01. The molecule has 0 fully saturated rings. The number of hydrogen-bond donors (Lipinski definition) is 5. The van der Waals surface area contributed by atoms with Gasteiger partial charge in [0.15, 0.2) is 5.75 Å². The molecule has 0 atom stereocenters. The molecule has 0 amide bonds. The molecule has 0 spiro atoms. The highest BCUT2D eigenvalue weighted by Crippen LogP contribution is 2.45. The number of rotatable bonds is 13. The summed E-state index contributed by atoms with van der Waals surface area (Å²) >= 11 is 1.24. The molecule has 242 valence electrons. The number of nitrogens with zero attached hydrogens (tertiary/aromatic N) is 2. The van der Waals surface area contributed by atoms with Gasteiger partial charge in [-0.15, -0.1) is 13.8 Å². The third kappa shape index (κ3) is 8.73. The molecule has 0 heterocycles. The smallest absolute Gasteiger partial charge is 0.295 e. The Bertz CT molecular complexity index is 2060. The quantitative estimate of drug-likeness (QED) is 0.0196. The van der Waals surface area contributed by atoms with Crippen molar-refractivity contribution in [1.29, 1.82) is 0 Å². The van der Waals surface area contributed by atoms with E-state index in [1.165, 1.54) is 18.2 Å². The number of azo groups is 1. The number of anilines is 2. The summed E-state index contributed by atoms with van der Waals surface area (Å²) in [4.78, 5) is 0.384. The summed E-state index contributed by atoms with van der Waals surface area (Å²) in [5, 5.41) is 49.1. The topological polar surface area (TPSA) is 189 Å². The minimum absolute atomic E-state index is 0.0218. The van der Waals surface area contributed by atoms with E-state index >= 15 is 0 Å². The summed E-state index contributed by atoms with van der Waals surface area (Å²) in [5.41, 5.74) is 3.34. The van der Waals surface area contributed by atoms with Gasteiger partial charge in [0, 0.05) is 21.7 Å². The third-order valence-corrected chi connectivity index (χ3v) is 8.76. The van der Waals surface area contributed by atoms with Gasteiger partial charge in [-0.1, -0.05) is 58.6 Å². The van der Waals surface area contributed by atoms with Crippen LogP contribution < -0.4 is 5.32 Å². The normalized spacial score (nSPS) is 12.0. The number of nitrogens with one attached hydrogen (secondary N) is 1. The fourth-order valence-corrected chi connectivity index (χ4v) is 6.24. The summed E-state index contributed by atoms with van der Waals surface area (Å²) in [5.74, 6) is -0.208. The number of benzene rings is 5. The van der Waals surface area contributed by atoms with Crippen molar-refractivity contribution in [1.82, 2.24) is 0 Å². The lowest BCUT2D eigenvalue weighted by Gasteiger charge is -2.12. The third-order valence-electron chi connectivity index (χ3n) is 6.57. The molecule has 0 aliphatic rings. The van der Waals surface area contributed by atoms with Gasteiger partial charge in [0.1, 0.15) is 10.6 Å². The van der Waals surface area contributed by atoms with E-state index in [1.807, 2.05) is 36.4 Å². The average molecular weight is 696 g/mol. The van der Waals surface area contributed by atoms with Gasteiger partial charge in [-0.2, -0.15) is 13.5 Å². The van der Waals surface area contributed by atoms with Gasteiger partial charge in [-0.25, -0.2) is 10.5 Å². The molecule has 0 aliphatic carbocycles. The number of fused-ring (bicyclic) bond motifs is 1. The highest BCUT2D eigenvalue weighted by Gasteiger charge is 2.17. The highest BCUT2D eigenvalue weighted by atomic mass is 32.2. The molecule has 5 aromatic carbocycles. The van der Waals surface area contributed by atoms with Crippen molar-refractivity contribution in [2.24, 2.45) is 10.2 Å². The van der Waals surface area contributed by atoms with Crippen molar-refractivity contribution in [3.8, 4) is 5.75 Å². The zero-order valence-corrected chi connectivity index (χ0v) is 26.6. The van der Waals surface area contributed by atoms with Gasteiger partial charge < -0.3 is 10.4 Å². The average Bonchev–Trinajstić information content (AvgIpc) is 3.06. The van der Waals surface area contributed by atoms with E-state index in [0.717, 1.165) is 11.4 Å². The van der Waals surface area contributed by atoms with Crippen molar-refractivity contribution in [3.05, 3.63) is 108 Å². The molecule has 47 heavy (non-hydrogen) atoms. The summed E-state index contributed by atoms with van der Waals surface area (Å²) in [7, 11) is -4.48. The van der Waals surface area contributed by atoms with Crippen LogP contribution in [0.15, 0.2) is 116 Å². The summed E-state index contributed by atoms with van der Waals surface area (Å²) < 4.78 is 42.7. The largest absolute Gasteiger partial charge is 0.505 e. The molecule has 0 aromatic heterocycles. The van der Waals surface area contributed by atoms with Crippen LogP contribution in [-0.2, 0) is 28.9 Å². The monoisotopic (exact) mass is 695 g/mol. The molecule has 0 radical (unpaired) electrons. The van der Waals surface area contributed by atoms with E-state index in [1.54, 1.807) is 55.5 Å². The molecule has 0 unspecified atom stereocenters. The van der Waals surface area contributed by atoms with Crippen LogP contribution in [-0.4, -0.2) is 28.6 Å². The van der Waals surface area contributed by atoms with E-state index < -0.39 is 10.1 Å². The Morgan fingerprint density at radius 2 is 1.47 bits per heavy atom. The van der Waals surface area contributed by atoms with E-state index in [2.05, 4.69) is 34.3 Å². The van der Waals surface area contributed by atoms with Crippen LogP contribution in [0.3, 0.4) is 0 Å². The molecule has 16 heteroatoms. The van der Waals surface area contributed by atoms with E-state index in [9.17, 15) is 18.1 Å². The van der Waals surface area contributed by atoms with Crippen LogP contribution in [0, 0.1) is 6.92 Å². The van der Waals surface area contributed by atoms with E-state index in [-0.39, 0.29) is 32.5 Å². The molecule has 0 aliphatic heterocycles. The first kappa shape index (κ1) is 34.0. The molecule has 0 saturated carbocycles. The van der Waals surface area contributed by atoms with Crippen LogP contribution in [0.5, 0.6) is 5.75 Å². The predicted octanol–water partition coefficient (Wildman–Crippen LogP) is 9.29. The van der Waals surface area contributed by atoms with Gasteiger partial charge in [0.2, 0.25) is 0 Å². The molecule has 5 rings (SSSR count). The molecular formula is C31H25N3O10S3. The summed E-state index contributed by atoms with van der Waals surface area (Å²) in [6, 6.07) is 25.9. The van der Waals surface area contributed by atoms with Crippen LogP contribution in [0.2, 0.25) is 0 Å². The lowest BCUT2D eigenvalue weighted by atomic mass is 10.1. The van der Waals surface area contributed by atoms with Crippen LogP contribution in [0.25, 0.3) is 22.9 Å². The lowest BCUT2D eigenvalue weighted by molar-refractivity contribution is -0.432. The van der Waals surface area contributed by atoms with E-state index in [4.69, 9.17) is 10.5 Å². The number of phenolic OH excluding ortho intramolecular Hbond substituents is 1. The molecule has 13 nitrogen and oxygen atoms in total. The first-order valence-corrected chi connectivity index (χ1v) is 16.3. The second-order valence-corrected chi connectivity index (χ2v) is 12.6. The van der Waals surface area contributed by atoms with Gasteiger partial charge in [-0.3, -0.25) is 4.55 Å². The Hall–Kier alpha value is -4.33. The van der Waals surface area contributed by atoms with Crippen molar-refractivity contribution in [2.75, 3.05) is 5.32 Å². The first-order valence-electron chi connectivity index (χ1n) is 13.4. The number of para-hydroxylation sites is 1. The van der Waals surface area contributed by atoms with Crippen molar-refractivity contribution in [3.63, 3.8) is 0 Å². The Labute approximate surface area is 277 Å². The van der Waals surface area contributed by atoms with Crippen molar-refractivity contribution < 1.29 is 47.3 Å². The second-order valence-electron chi connectivity index (χ2n) is 9.72. The zero-order chi connectivity index (χ0) is 33.4. The van der Waals surface area contributed by atoms with Crippen LogP contribution in [0.4, 0.5) is 22.7 Å². The van der Waals surface area contributed by atoms with Crippen LogP contribution >= 0.6 is 24.1 Å². The van der Waals surface area contributed by atoms with E-state index in [0.29, 0.717) is 50.9 Å². The minimum Gasteiger partial charge on any atom is -0.505 e. The maximum atomic E-state index is 11.9. The highest BCUT2D eigenvalue weighted by molar-refractivity contribution is 7.95. The van der Waals surface area contributed by atoms with Gasteiger partial charge in [0.05, 0.1) is 34.7 Å². The Morgan fingerprint density at radius 3 is 2.19 bits per heavy atom. The molecule has 5 aromatic rings. The van der Waals surface area contributed by atoms with Gasteiger partial charge in [0.25, 0.3) is 10.1 Å². The maximum absolute atomic E-state index is 11.9. The van der Waals surface area contributed by atoms with Gasteiger partial charge in [-0.05, 0) is 83.6 Å². The van der Waals surface area contributed by atoms with Crippen molar-refractivity contribution >= 4 is 79.9 Å². The first-order chi connectivity index (χ1) is 22.7. The number of aryl methyl sites for hydroxylation is 1. The number of hydrogen-bond acceptors (Lipinski definition) is 14. The molecule has 5 N–H and O–H groups in total. The fourth-order valence-electron chi connectivity index (χ4n) is 4.47. The number of phenols is 1. The van der Waals surface area contributed by atoms with Gasteiger partial charge >= 0.3 is 0 Å². The molecule has 0 saturated heterocycles. The zero-order valence-electron chi connectivity index (χ0n) is 24.2. The van der Waals surface area contributed by atoms with Crippen molar-refractivity contribution in [2.45, 2.75) is 21.6 Å². The predicted molar refractivity (Wildman–Crippen MR) is 177 cm³/mol. The second kappa shape index (κ2) is 15.5. The Balaban J connectivity index is 1.48. The summed E-state index contributed by atoms with van der Waals surface area (Å²) in [6.07, 6.45) is 3.06. The maximum Gasteiger partial charge on any atom is 0.295 e. The molecule has 0 bridgehead atoms. The van der Waals surface area contributed by atoms with Crippen LogP contribution in [0.1, 0.15) is 16.7 Å². The Kier molecular flexibility index (Phi) is 11.2. The SMILES string of the molecule is Cc1ccc(C=Cc2ccc(N=Nc3c(SOOO)cc4cc(Nc5ccccc5)ccc4c3O)cc2SOOO)c(S(=O)(=O)O)c1. The number of aromatic hydroxyl groups is 1. The Morgan fingerprint density at radius 1 is 0.766 bits per heavy atom. The standard InChI is InChI=1S/C31H25N3O10S3/c1-19-7-8-21(29(15-19)47(38,39)40)10-9-20-11-12-25(18-27(20)45-43-41-36)33-34-30-28(46-44-42-37)17-22-16-24(13-14-26(22)31(30)35)32-23-5-3-2-4-6-23/h2-18,32,35-37H,1H3,(H,38,39,40). The fraction of sp³-hybridized carbons (Fsp3) is 0.0323.